The van der Waals surface area contributed by atoms with Gasteiger partial charge in [-0.15, -0.1) is 0 Å². The first-order chi connectivity index (χ1) is 33.9. The first kappa shape index (κ1) is 40.5. The van der Waals surface area contributed by atoms with Crippen molar-refractivity contribution in [2.75, 3.05) is 4.90 Å². The van der Waals surface area contributed by atoms with E-state index in [2.05, 4.69) is 255 Å². The number of anilines is 3. The second-order valence-corrected chi connectivity index (χ2v) is 18.9. The Balaban J connectivity index is 0.866. The van der Waals surface area contributed by atoms with Gasteiger partial charge in [0.15, 0.2) is 0 Å². The maximum atomic E-state index is 6.13. The number of hydrogen-bond acceptors (Lipinski definition) is 2. The molecule has 0 unspecified atom stereocenters. The van der Waals surface area contributed by atoms with Crippen molar-refractivity contribution < 1.29 is 4.42 Å². The van der Waals surface area contributed by atoms with Crippen molar-refractivity contribution in [3.05, 3.63) is 260 Å². The topological polar surface area (TPSA) is 16.4 Å². The zero-order valence-electron chi connectivity index (χ0n) is 38.5. The summed E-state index contributed by atoms with van der Waals surface area (Å²) in [6.45, 7) is 4.76. The average Bonchev–Trinajstić information content (AvgIpc) is 3.89. The largest absolute Gasteiger partial charge is 0.456 e. The summed E-state index contributed by atoms with van der Waals surface area (Å²) >= 11 is 0. The van der Waals surface area contributed by atoms with Crippen LogP contribution >= 0.6 is 0 Å². The Hall–Kier alpha value is -8.72. The van der Waals surface area contributed by atoms with Crippen LogP contribution in [0.4, 0.5) is 17.1 Å². The van der Waals surface area contributed by atoms with Crippen LogP contribution in [0, 0.1) is 0 Å². The second-order valence-electron chi connectivity index (χ2n) is 18.9. The number of para-hydroxylation sites is 1. The summed E-state index contributed by atoms with van der Waals surface area (Å²) in [4.78, 5) is 2.42. The molecule has 0 bridgehead atoms. The van der Waals surface area contributed by atoms with E-state index in [9.17, 15) is 0 Å². The molecule has 0 saturated carbocycles. The summed E-state index contributed by atoms with van der Waals surface area (Å²) in [5, 5.41) is 4.80. The van der Waals surface area contributed by atoms with Gasteiger partial charge < -0.3 is 9.32 Å². The SMILES string of the molecule is CC1(C)c2cc(-c3ccc4ccccc4c3)ccc2-c2ccc(N(c3ccc(-c4ccc(-c5ccccc5)cc4)cc3)c3cccc(-c4ccc(-c5ccc6oc7ccccc7c6c5)cc4)c3)cc21. The third-order valence-corrected chi connectivity index (χ3v) is 14.5. The van der Waals surface area contributed by atoms with E-state index in [0.29, 0.717) is 0 Å². The lowest BCUT2D eigenvalue weighted by molar-refractivity contribution is 0.660. The summed E-state index contributed by atoms with van der Waals surface area (Å²) in [6, 6.07) is 90.8. The second kappa shape index (κ2) is 16.3. The minimum Gasteiger partial charge on any atom is -0.456 e. The number of rotatable bonds is 8. The Morgan fingerprint density at radius 3 is 1.49 bits per heavy atom. The fourth-order valence-corrected chi connectivity index (χ4v) is 10.7. The molecular weight excluding hydrogens is 835 g/mol. The first-order valence-corrected chi connectivity index (χ1v) is 23.9. The molecule has 11 aromatic carbocycles. The van der Waals surface area contributed by atoms with Crippen LogP contribution in [0.3, 0.4) is 0 Å². The van der Waals surface area contributed by atoms with Gasteiger partial charge in [0.2, 0.25) is 0 Å². The Labute approximate surface area is 403 Å². The van der Waals surface area contributed by atoms with Crippen molar-refractivity contribution in [3.8, 4) is 66.8 Å². The van der Waals surface area contributed by atoms with Crippen LogP contribution in [0.1, 0.15) is 25.0 Å². The Kier molecular flexibility index (Phi) is 9.55. The molecule has 1 heterocycles. The maximum absolute atomic E-state index is 6.13. The molecular formula is C67H47NO. The van der Waals surface area contributed by atoms with Crippen molar-refractivity contribution in [2.45, 2.75) is 19.3 Å². The van der Waals surface area contributed by atoms with Crippen LogP contribution in [0.25, 0.3) is 99.5 Å². The maximum Gasteiger partial charge on any atom is 0.135 e. The monoisotopic (exact) mass is 881 g/mol. The van der Waals surface area contributed by atoms with Crippen LogP contribution in [-0.2, 0) is 5.41 Å². The van der Waals surface area contributed by atoms with Gasteiger partial charge in [-0.25, -0.2) is 0 Å². The molecule has 12 aromatic rings. The molecule has 326 valence electrons. The quantitative estimate of drug-likeness (QED) is 0.151. The summed E-state index contributed by atoms with van der Waals surface area (Å²) < 4.78 is 6.13. The molecule has 0 saturated heterocycles. The molecule has 0 N–H and O–H groups in total. The molecule has 1 aromatic heterocycles. The Morgan fingerprint density at radius 1 is 0.290 bits per heavy atom. The van der Waals surface area contributed by atoms with E-state index in [0.717, 1.165) is 50.1 Å². The highest BCUT2D eigenvalue weighted by atomic mass is 16.3. The third kappa shape index (κ3) is 7.12. The summed E-state index contributed by atoms with van der Waals surface area (Å²) in [7, 11) is 0. The van der Waals surface area contributed by atoms with E-state index in [1.165, 1.54) is 77.5 Å². The number of fused-ring (bicyclic) bond motifs is 7. The lowest BCUT2D eigenvalue weighted by Gasteiger charge is -2.28. The van der Waals surface area contributed by atoms with E-state index in [4.69, 9.17) is 4.42 Å². The molecule has 0 atom stereocenters. The standard InChI is InChI=1S/C67H47NO/c1-67(2)63-42-55(53-28-27-45-13-6-7-14-51(45)39-53)31-36-59(63)60-37-35-58(43-64(60)67)68(56-33-29-48(30-34-56)47-21-19-46(20-22-47)44-11-4-3-5-12-44)57-16-10-15-52(40-57)49-23-25-50(26-24-49)54-32-38-66-62(41-54)61-17-8-9-18-65(61)69-66/h3-43H,1-2H3. The van der Waals surface area contributed by atoms with Gasteiger partial charge in [0.05, 0.1) is 0 Å². The lowest BCUT2D eigenvalue weighted by Crippen LogP contribution is -2.16. The van der Waals surface area contributed by atoms with Crippen molar-refractivity contribution >= 4 is 49.8 Å². The number of hydrogen-bond donors (Lipinski definition) is 0. The summed E-state index contributed by atoms with van der Waals surface area (Å²) in [5.41, 5.74) is 22.2. The van der Waals surface area contributed by atoms with Crippen molar-refractivity contribution in [2.24, 2.45) is 0 Å². The summed E-state index contributed by atoms with van der Waals surface area (Å²) in [6.07, 6.45) is 0. The van der Waals surface area contributed by atoms with Crippen molar-refractivity contribution in [1.29, 1.82) is 0 Å². The fourth-order valence-electron chi connectivity index (χ4n) is 10.7. The molecule has 2 heteroatoms. The van der Waals surface area contributed by atoms with E-state index in [1.807, 2.05) is 12.1 Å². The van der Waals surface area contributed by atoms with Crippen LogP contribution < -0.4 is 4.90 Å². The average molecular weight is 882 g/mol. The molecule has 0 radical (unpaired) electrons. The number of furan rings is 1. The molecule has 1 aliphatic rings. The molecule has 0 amide bonds. The van der Waals surface area contributed by atoms with Crippen LogP contribution in [0.5, 0.6) is 0 Å². The first-order valence-electron chi connectivity index (χ1n) is 23.9. The normalized spacial score (nSPS) is 12.6. The van der Waals surface area contributed by atoms with E-state index < -0.39 is 0 Å². The third-order valence-electron chi connectivity index (χ3n) is 14.5. The van der Waals surface area contributed by atoms with Gasteiger partial charge >= 0.3 is 0 Å². The van der Waals surface area contributed by atoms with E-state index >= 15 is 0 Å². The molecule has 0 fully saturated rings. The molecule has 13 rings (SSSR count). The van der Waals surface area contributed by atoms with Crippen LogP contribution in [0.2, 0.25) is 0 Å². The van der Waals surface area contributed by atoms with E-state index in [1.54, 1.807) is 0 Å². The predicted molar refractivity (Wildman–Crippen MR) is 291 cm³/mol. The highest BCUT2D eigenvalue weighted by Crippen LogP contribution is 2.52. The van der Waals surface area contributed by atoms with Crippen molar-refractivity contribution in [1.82, 2.24) is 0 Å². The highest BCUT2D eigenvalue weighted by molar-refractivity contribution is 6.06. The van der Waals surface area contributed by atoms with Gasteiger partial charge in [-0.1, -0.05) is 196 Å². The number of nitrogens with zero attached hydrogens (tertiary/aromatic N) is 1. The van der Waals surface area contributed by atoms with Gasteiger partial charge in [-0.3, -0.25) is 0 Å². The van der Waals surface area contributed by atoms with E-state index in [-0.39, 0.29) is 5.41 Å². The molecule has 1 aliphatic carbocycles. The zero-order valence-corrected chi connectivity index (χ0v) is 38.5. The summed E-state index contributed by atoms with van der Waals surface area (Å²) in [5.74, 6) is 0. The lowest BCUT2D eigenvalue weighted by atomic mass is 9.81. The van der Waals surface area contributed by atoms with Crippen LogP contribution in [0.15, 0.2) is 253 Å². The zero-order chi connectivity index (χ0) is 46.1. The highest BCUT2D eigenvalue weighted by Gasteiger charge is 2.36. The molecule has 0 spiro atoms. The van der Waals surface area contributed by atoms with Gasteiger partial charge in [0.25, 0.3) is 0 Å². The fraction of sp³-hybridized carbons (Fsp3) is 0.0448. The minimum atomic E-state index is -0.214. The predicted octanol–water partition coefficient (Wildman–Crippen LogP) is 18.9. The van der Waals surface area contributed by atoms with Crippen molar-refractivity contribution in [3.63, 3.8) is 0 Å². The molecule has 0 aliphatic heterocycles. The molecule has 2 nitrogen and oxygen atoms in total. The minimum absolute atomic E-state index is 0.214. The van der Waals surface area contributed by atoms with Gasteiger partial charge in [0, 0.05) is 33.2 Å². The molecule has 69 heavy (non-hydrogen) atoms. The van der Waals surface area contributed by atoms with Gasteiger partial charge in [-0.2, -0.15) is 0 Å². The Morgan fingerprint density at radius 2 is 0.754 bits per heavy atom. The smallest absolute Gasteiger partial charge is 0.135 e. The number of benzene rings is 11. The van der Waals surface area contributed by atoms with Gasteiger partial charge in [0.1, 0.15) is 11.2 Å². The van der Waals surface area contributed by atoms with Gasteiger partial charge in [-0.05, 0) is 155 Å². The van der Waals surface area contributed by atoms with Crippen LogP contribution in [-0.4, -0.2) is 0 Å². The Bertz CT molecular complexity index is 3900.